The summed E-state index contributed by atoms with van der Waals surface area (Å²) in [7, 11) is 0. The van der Waals surface area contributed by atoms with Gasteiger partial charge in [0.1, 0.15) is 5.78 Å². The first-order chi connectivity index (χ1) is 7.07. The molecule has 3 heteroatoms. The van der Waals surface area contributed by atoms with Gasteiger partial charge in [-0.1, -0.05) is 26.7 Å². The van der Waals surface area contributed by atoms with Crippen LogP contribution in [0.3, 0.4) is 0 Å². The fourth-order valence-corrected chi connectivity index (χ4v) is 1.59. The number of carboxylic acid groups (broad SMARTS) is 1. The predicted octanol–water partition coefficient (Wildman–Crippen LogP) is 3.03. The molecular formula is C12H22O3. The summed E-state index contributed by atoms with van der Waals surface area (Å²) in [6.45, 7) is 4.06. The van der Waals surface area contributed by atoms with E-state index in [-0.39, 0.29) is 12.3 Å². The summed E-state index contributed by atoms with van der Waals surface area (Å²) < 4.78 is 0. The van der Waals surface area contributed by atoms with Crippen molar-refractivity contribution in [3.8, 4) is 0 Å². The van der Waals surface area contributed by atoms with E-state index in [2.05, 4.69) is 6.92 Å². The minimum absolute atomic E-state index is 0.175. The van der Waals surface area contributed by atoms with Crippen molar-refractivity contribution in [2.75, 3.05) is 0 Å². The minimum atomic E-state index is -0.749. The number of rotatable bonds is 9. The highest BCUT2D eigenvalue weighted by Crippen LogP contribution is 2.12. The second kappa shape index (κ2) is 8.45. The summed E-state index contributed by atoms with van der Waals surface area (Å²) in [6, 6.07) is 0. The van der Waals surface area contributed by atoms with E-state index < -0.39 is 5.97 Å². The molecule has 1 N–H and O–H groups in total. The van der Waals surface area contributed by atoms with Crippen molar-refractivity contribution in [3.63, 3.8) is 0 Å². The Labute approximate surface area is 91.9 Å². The van der Waals surface area contributed by atoms with Crippen LogP contribution in [0.25, 0.3) is 0 Å². The Bertz CT molecular complexity index is 199. The summed E-state index contributed by atoms with van der Waals surface area (Å²) in [6.07, 6.45) is 5.21. The Balaban J connectivity index is 3.42. The summed E-state index contributed by atoms with van der Waals surface area (Å²) in [5.41, 5.74) is 0. The van der Waals surface area contributed by atoms with Crippen LogP contribution in [0.5, 0.6) is 0 Å². The number of carbonyl (C=O) groups excluding carboxylic acids is 1. The van der Waals surface area contributed by atoms with Gasteiger partial charge < -0.3 is 5.11 Å². The third-order valence-electron chi connectivity index (χ3n) is 2.59. The molecule has 0 rings (SSSR count). The quantitative estimate of drug-likeness (QED) is 0.600. The van der Waals surface area contributed by atoms with Gasteiger partial charge in [-0.15, -0.1) is 0 Å². The Hall–Kier alpha value is -0.860. The van der Waals surface area contributed by atoms with Crippen LogP contribution in [0, 0.1) is 5.92 Å². The highest BCUT2D eigenvalue weighted by molar-refractivity contribution is 5.80. The number of carboxylic acids is 1. The molecule has 0 radical (unpaired) electrons. The maximum atomic E-state index is 11.5. The normalized spacial score (nSPS) is 12.4. The molecule has 0 aliphatic carbocycles. The van der Waals surface area contributed by atoms with Crippen LogP contribution in [0.15, 0.2) is 0 Å². The third kappa shape index (κ3) is 8.16. The van der Waals surface area contributed by atoms with Crippen LogP contribution >= 0.6 is 0 Å². The average Bonchev–Trinajstić information content (AvgIpc) is 2.16. The van der Waals surface area contributed by atoms with Gasteiger partial charge in [0.05, 0.1) is 0 Å². The van der Waals surface area contributed by atoms with E-state index in [1.54, 1.807) is 0 Å². The van der Waals surface area contributed by atoms with Gasteiger partial charge >= 0.3 is 5.97 Å². The number of aliphatic carboxylic acids is 1. The van der Waals surface area contributed by atoms with E-state index >= 15 is 0 Å². The molecule has 0 aliphatic heterocycles. The van der Waals surface area contributed by atoms with Crippen LogP contribution in [0.1, 0.15) is 58.8 Å². The zero-order chi connectivity index (χ0) is 11.7. The van der Waals surface area contributed by atoms with Gasteiger partial charge in [0, 0.05) is 18.8 Å². The molecule has 0 fully saturated rings. The lowest BCUT2D eigenvalue weighted by Gasteiger charge is -2.08. The molecule has 0 heterocycles. The molecule has 15 heavy (non-hydrogen) atoms. The van der Waals surface area contributed by atoms with Gasteiger partial charge in [-0.2, -0.15) is 0 Å². The number of ketones is 1. The molecule has 0 amide bonds. The van der Waals surface area contributed by atoms with E-state index in [0.29, 0.717) is 18.6 Å². The lowest BCUT2D eigenvalue weighted by Crippen LogP contribution is -2.10. The largest absolute Gasteiger partial charge is 0.481 e. The molecule has 0 saturated heterocycles. The van der Waals surface area contributed by atoms with E-state index in [1.807, 2.05) is 6.92 Å². The van der Waals surface area contributed by atoms with Crippen molar-refractivity contribution >= 4 is 11.8 Å². The summed E-state index contributed by atoms with van der Waals surface area (Å²) in [5, 5.41) is 8.41. The van der Waals surface area contributed by atoms with Crippen molar-refractivity contribution in [3.05, 3.63) is 0 Å². The second-order valence-electron chi connectivity index (χ2n) is 4.11. The Morgan fingerprint density at radius 2 is 1.73 bits per heavy atom. The monoisotopic (exact) mass is 214 g/mol. The molecule has 0 spiro atoms. The standard InChI is InChI=1S/C12H22O3/c1-3-7-10(2)11(13)8-5-4-6-9-12(14)15/h10H,3-9H2,1-2H3,(H,14,15). The zero-order valence-electron chi connectivity index (χ0n) is 9.79. The minimum Gasteiger partial charge on any atom is -0.481 e. The van der Waals surface area contributed by atoms with Gasteiger partial charge in [-0.05, 0) is 19.3 Å². The SMILES string of the molecule is CCCC(C)C(=O)CCCCCC(=O)O. The molecular weight excluding hydrogens is 192 g/mol. The van der Waals surface area contributed by atoms with Crippen LogP contribution in [0.4, 0.5) is 0 Å². The fourth-order valence-electron chi connectivity index (χ4n) is 1.59. The fraction of sp³-hybridized carbons (Fsp3) is 0.833. The molecule has 3 nitrogen and oxygen atoms in total. The first-order valence-electron chi connectivity index (χ1n) is 5.82. The van der Waals surface area contributed by atoms with Gasteiger partial charge in [0.25, 0.3) is 0 Å². The Kier molecular flexibility index (Phi) is 7.96. The van der Waals surface area contributed by atoms with E-state index in [9.17, 15) is 9.59 Å². The van der Waals surface area contributed by atoms with Crippen LogP contribution < -0.4 is 0 Å². The van der Waals surface area contributed by atoms with Crippen molar-refractivity contribution in [1.29, 1.82) is 0 Å². The zero-order valence-corrected chi connectivity index (χ0v) is 9.79. The van der Waals surface area contributed by atoms with Gasteiger partial charge in [-0.3, -0.25) is 9.59 Å². The average molecular weight is 214 g/mol. The first kappa shape index (κ1) is 14.1. The topological polar surface area (TPSA) is 54.4 Å². The predicted molar refractivity (Wildman–Crippen MR) is 59.8 cm³/mol. The van der Waals surface area contributed by atoms with Crippen molar-refractivity contribution in [1.82, 2.24) is 0 Å². The van der Waals surface area contributed by atoms with E-state index in [1.165, 1.54) is 0 Å². The molecule has 0 aromatic carbocycles. The van der Waals surface area contributed by atoms with Crippen molar-refractivity contribution in [2.45, 2.75) is 58.8 Å². The molecule has 0 saturated carbocycles. The summed E-state index contributed by atoms with van der Waals surface area (Å²) in [4.78, 5) is 21.7. The van der Waals surface area contributed by atoms with Crippen molar-refractivity contribution < 1.29 is 14.7 Å². The highest BCUT2D eigenvalue weighted by Gasteiger charge is 2.10. The van der Waals surface area contributed by atoms with Crippen LogP contribution in [-0.2, 0) is 9.59 Å². The Morgan fingerprint density at radius 3 is 2.27 bits per heavy atom. The van der Waals surface area contributed by atoms with E-state index in [4.69, 9.17) is 5.11 Å². The number of hydrogen-bond donors (Lipinski definition) is 1. The van der Waals surface area contributed by atoms with Gasteiger partial charge in [0.15, 0.2) is 0 Å². The van der Waals surface area contributed by atoms with Gasteiger partial charge in [0.2, 0.25) is 0 Å². The maximum absolute atomic E-state index is 11.5. The van der Waals surface area contributed by atoms with Crippen LogP contribution in [0.2, 0.25) is 0 Å². The number of unbranched alkanes of at least 4 members (excludes halogenated alkanes) is 2. The smallest absolute Gasteiger partial charge is 0.303 e. The lowest BCUT2D eigenvalue weighted by molar-refractivity contribution is -0.137. The third-order valence-corrected chi connectivity index (χ3v) is 2.59. The summed E-state index contributed by atoms with van der Waals surface area (Å²) in [5.74, 6) is -0.248. The molecule has 0 aromatic rings. The second-order valence-corrected chi connectivity index (χ2v) is 4.11. The number of hydrogen-bond acceptors (Lipinski definition) is 2. The molecule has 1 atom stereocenters. The number of carbonyl (C=O) groups is 2. The summed E-state index contributed by atoms with van der Waals surface area (Å²) >= 11 is 0. The lowest BCUT2D eigenvalue weighted by atomic mass is 9.96. The number of Topliss-reactive ketones (excluding diaryl/α,β-unsaturated/α-hetero) is 1. The van der Waals surface area contributed by atoms with E-state index in [0.717, 1.165) is 25.7 Å². The van der Waals surface area contributed by atoms with Gasteiger partial charge in [-0.25, -0.2) is 0 Å². The highest BCUT2D eigenvalue weighted by atomic mass is 16.4. The molecule has 1 unspecified atom stereocenters. The maximum Gasteiger partial charge on any atom is 0.303 e. The molecule has 88 valence electrons. The molecule has 0 aliphatic rings. The van der Waals surface area contributed by atoms with Crippen molar-refractivity contribution in [2.24, 2.45) is 5.92 Å². The molecule has 0 aromatic heterocycles. The first-order valence-corrected chi connectivity index (χ1v) is 5.82. The molecule has 0 bridgehead atoms. The Morgan fingerprint density at radius 1 is 1.13 bits per heavy atom. The van der Waals surface area contributed by atoms with Crippen LogP contribution in [-0.4, -0.2) is 16.9 Å².